The van der Waals surface area contributed by atoms with Crippen LogP contribution in [0.15, 0.2) is 42.5 Å². The fraction of sp³-hybridized carbons (Fsp3) is 0.222. The van der Waals surface area contributed by atoms with Crippen LogP contribution in [0.5, 0.6) is 11.5 Å². The van der Waals surface area contributed by atoms with E-state index in [4.69, 9.17) is 9.47 Å². The monoisotopic (exact) mass is 326 g/mol. The Kier molecular flexibility index (Phi) is 4.37. The lowest BCUT2D eigenvalue weighted by Gasteiger charge is -2.26. The van der Waals surface area contributed by atoms with E-state index in [1.165, 1.54) is 14.2 Å². The average molecular weight is 326 g/mol. The molecule has 0 aliphatic carbocycles. The molecule has 1 aliphatic heterocycles. The molecule has 0 spiro atoms. The Morgan fingerprint density at radius 1 is 1.08 bits per heavy atom. The number of methoxy groups -OCH3 is 2. The van der Waals surface area contributed by atoms with Crippen molar-refractivity contribution < 1.29 is 19.1 Å². The largest absolute Gasteiger partial charge is 0.496 e. The number of ether oxygens (including phenoxy) is 2. The second kappa shape index (κ2) is 6.62. The first-order chi connectivity index (χ1) is 11.6. The van der Waals surface area contributed by atoms with Gasteiger partial charge in [-0.1, -0.05) is 24.3 Å². The first-order valence-corrected chi connectivity index (χ1v) is 7.54. The minimum atomic E-state index is -0.405. The SMILES string of the molecule is COc1cccc(OC)c1C(=O)N[C@H]1CC(=O)Nc2ccccc21. The highest BCUT2D eigenvalue weighted by Crippen LogP contribution is 2.32. The summed E-state index contributed by atoms with van der Waals surface area (Å²) in [6.07, 6.45) is 0.181. The van der Waals surface area contributed by atoms with E-state index in [0.717, 1.165) is 5.56 Å². The predicted octanol–water partition coefficient (Wildman–Crippen LogP) is 2.52. The summed E-state index contributed by atoms with van der Waals surface area (Å²) in [7, 11) is 2.99. The van der Waals surface area contributed by atoms with Crippen LogP contribution >= 0.6 is 0 Å². The van der Waals surface area contributed by atoms with Gasteiger partial charge in [-0.3, -0.25) is 9.59 Å². The molecule has 2 aromatic carbocycles. The molecule has 6 heteroatoms. The molecule has 0 bridgehead atoms. The Bertz CT molecular complexity index is 766. The zero-order chi connectivity index (χ0) is 17.1. The van der Waals surface area contributed by atoms with E-state index < -0.39 is 6.04 Å². The Morgan fingerprint density at radius 3 is 2.42 bits per heavy atom. The molecule has 6 nitrogen and oxygen atoms in total. The highest BCUT2D eigenvalue weighted by atomic mass is 16.5. The van der Waals surface area contributed by atoms with Crippen LogP contribution in [0.3, 0.4) is 0 Å². The fourth-order valence-electron chi connectivity index (χ4n) is 2.85. The maximum atomic E-state index is 12.8. The third kappa shape index (κ3) is 2.90. The van der Waals surface area contributed by atoms with E-state index in [-0.39, 0.29) is 18.2 Å². The van der Waals surface area contributed by atoms with Crippen LogP contribution in [-0.2, 0) is 4.79 Å². The van der Waals surface area contributed by atoms with Crippen LogP contribution in [0, 0.1) is 0 Å². The maximum absolute atomic E-state index is 12.8. The summed E-state index contributed by atoms with van der Waals surface area (Å²) in [6.45, 7) is 0. The minimum Gasteiger partial charge on any atom is -0.496 e. The zero-order valence-corrected chi connectivity index (χ0v) is 13.5. The zero-order valence-electron chi connectivity index (χ0n) is 13.5. The van der Waals surface area contributed by atoms with E-state index in [0.29, 0.717) is 22.7 Å². The molecule has 24 heavy (non-hydrogen) atoms. The van der Waals surface area contributed by atoms with Crippen molar-refractivity contribution in [2.75, 3.05) is 19.5 Å². The van der Waals surface area contributed by atoms with Crippen LogP contribution < -0.4 is 20.1 Å². The van der Waals surface area contributed by atoms with Gasteiger partial charge in [0.25, 0.3) is 5.91 Å². The third-order valence-corrected chi connectivity index (χ3v) is 3.96. The Hall–Kier alpha value is -3.02. The van der Waals surface area contributed by atoms with Gasteiger partial charge in [-0.2, -0.15) is 0 Å². The van der Waals surface area contributed by atoms with Gasteiger partial charge in [-0.15, -0.1) is 0 Å². The molecule has 0 unspecified atom stereocenters. The number of para-hydroxylation sites is 1. The number of fused-ring (bicyclic) bond motifs is 1. The van der Waals surface area contributed by atoms with Crippen molar-refractivity contribution in [2.45, 2.75) is 12.5 Å². The topological polar surface area (TPSA) is 76.7 Å². The van der Waals surface area contributed by atoms with Crippen molar-refractivity contribution >= 4 is 17.5 Å². The van der Waals surface area contributed by atoms with Gasteiger partial charge >= 0.3 is 0 Å². The predicted molar refractivity (Wildman–Crippen MR) is 89.4 cm³/mol. The summed E-state index contributed by atoms with van der Waals surface area (Å²) in [4.78, 5) is 24.7. The lowest BCUT2D eigenvalue weighted by molar-refractivity contribution is -0.116. The molecular formula is C18H18N2O4. The van der Waals surface area contributed by atoms with Crippen molar-refractivity contribution in [3.8, 4) is 11.5 Å². The summed E-state index contributed by atoms with van der Waals surface area (Å²) in [5.74, 6) is 0.352. The van der Waals surface area contributed by atoms with Gasteiger partial charge in [0.1, 0.15) is 17.1 Å². The standard InChI is InChI=1S/C18H18N2O4/c1-23-14-8-5-9-15(24-2)17(14)18(22)20-13-10-16(21)19-12-7-4-3-6-11(12)13/h3-9,13H,10H2,1-2H3,(H,19,21)(H,20,22)/t13-/m0/s1. The maximum Gasteiger partial charge on any atom is 0.259 e. The quantitative estimate of drug-likeness (QED) is 0.905. The highest BCUT2D eigenvalue weighted by molar-refractivity contribution is 6.01. The highest BCUT2D eigenvalue weighted by Gasteiger charge is 2.28. The molecule has 2 aromatic rings. The smallest absolute Gasteiger partial charge is 0.259 e. The van der Waals surface area contributed by atoms with Crippen molar-refractivity contribution in [3.05, 3.63) is 53.6 Å². The molecule has 0 saturated carbocycles. The Balaban J connectivity index is 1.93. The van der Waals surface area contributed by atoms with E-state index in [9.17, 15) is 9.59 Å². The fourth-order valence-corrected chi connectivity index (χ4v) is 2.85. The second-order valence-electron chi connectivity index (χ2n) is 5.40. The first-order valence-electron chi connectivity index (χ1n) is 7.54. The number of hydrogen-bond acceptors (Lipinski definition) is 4. The normalized spacial score (nSPS) is 15.9. The van der Waals surface area contributed by atoms with Gasteiger partial charge < -0.3 is 20.1 Å². The van der Waals surface area contributed by atoms with Crippen molar-refractivity contribution in [1.29, 1.82) is 0 Å². The van der Waals surface area contributed by atoms with Crippen molar-refractivity contribution in [3.63, 3.8) is 0 Å². The number of anilines is 1. The summed E-state index contributed by atoms with van der Waals surface area (Å²) < 4.78 is 10.5. The minimum absolute atomic E-state index is 0.133. The summed E-state index contributed by atoms with van der Waals surface area (Å²) in [6, 6.07) is 12.1. The third-order valence-electron chi connectivity index (χ3n) is 3.96. The number of amides is 2. The first kappa shape index (κ1) is 15.9. The van der Waals surface area contributed by atoms with E-state index in [2.05, 4.69) is 10.6 Å². The molecule has 0 radical (unpaired) electrons. The van der Waals surface area contributed by atoms with Gasteiger partial charge in [0, 0.05) is 5.69 Å². The van der Waals surface area contributed by atoms with E-state index in [1.807, 2.05) is 24.3 Å². The molecule has 0 saturated heterocycles. The van der Waals surface area contributed by atoms with Gasteiger partial charge in [0.15, 0.2) is 0 Å². The van der Waals surface area contributed by atoms with E-state index in [1.54, 1.807) is 18.2 Å². The number of carbonyl (C=O) groups excluding carboxylic acids is 2. The van der Waals surface area contributed by atoms with Crippen LogP contribution in [0.2, 0.25) is 0 Å². The lowest BCUT2D eigenvalue weighted by Crippen LogP contribution is -2.35. The molecule has 2 N–H and O–H groups in total. The number of hydrogen-bond donors (Lipinski definition) is 2. The second-order valence-corrected chi connectivity index (χ2v) is 5.40. The molecule has 124 valence electrons. The molecule has 0 fully saturated rings. The molecule has 1 aliphatic rings. The Labute approximate surface area is 139 Å². The molecule has 2 amide bonds. The molecule has 0 aromatic heterocycles. The van der Waals surface area contributed by atoms with Gasteiger partial charge in [0.2, 0.25) is 5.91 Å². The molecular weight excluding hydrogens is 308 g/mol. The summed E-state index contributed by atoms with van der Waals surface area (Å²) in [5.41, 5.74) is 1.90. The number of nitrogens with one attached hydrogen (secondary N) is 2. The van der Waals surface area contributed by atoms with Crippen LogP contribution in [0.1, 0.15) is 28.4 Å². The van der Waals surface area contributed by atoms with Crippen molar-refractivity contribution in [2.24, 2.45) is 0 Å². The van der Waals surface area contributed by atoms with E-state index >= 15 is 0 Å². The van der Waals surface area contributed by atoms with Gasteiger partial charge in [-0.25, -0.2) is 0 Å². The summed E-state index contributed by atoms with van der Waals surface area (Å²) >= 11 is 0. The number of benzene rings is 2. The average Bonchev–Trinajstić information content (AvgIpc) is 2.60. The van der Waals surface area contributed by atoms with Gasteiger partial charge in [0.05, 0.1) is 26.7 Å². The van der Waals surface area contributed by atoms with Crippen LogP contribution in [-0.4, -0.2) is 26.0 Å². The Morgan fingerprint density at radius 2 is 1.75 bits per heavy atom. The van der Waals surface area contributed by atoms with Gasteiger partial charge in [-0.05, 0) is 23.8 Å². The number of carbonyl (C=O) groups is 2. The lowest BCUT2D eigenvalue weighted by atomic mass is 9.97. The molecule has 1 heterocycles. The number of rotatable bonds is 4. The van der Waals surface area contributed by atoms with Crippen LogP contribution in [0.25, 0.3) is 0 Å². The summed E-state index contributed by atoms with van der Waals surface area (Å²) in [5, 5.41) is 5.72. The van der Waals surface area contributed by atoms with Crippen molar-refractivity contribution in [1.82, 2.24) is 5.32 Å². The molecule has 3 rings (SSSR count). The van der Waals surface area contributed by atoms with Crippen LogP contribution in [0.4, 0.5) is 5.69 Å². The molecule has 1 atom stereocenters.